The molecule has 3 heteroatoms. The third-order valence-electron chi connectivity index (χ3n) is 3.31. The lowest BCUT2D eigenvalue weighted by Crippen LogP contribution is -2.29. The van der Waals surface area contributed by atoms with E-state index in [0.29, 0.717) is 13.2 Å². The molecule has 19 heavy (non-hydrogen) atoms. The van der Waals surface area contributed by atoms with Gasteiger partial charge in [0.15, 0.2) is 0 Å². The van der Waals surface area contributed by atoms with Crippen LogP contribution in [-0.2, 0) is 11.3 Å². The molecule has 0 bridgehead atoms. The maximum Gasteiger partial charge on any atom is 0.410 e. The fourth-order valence-corrected chi connectivity index (χ4v) is 2.15. The van der Waals surface area contributed by atoms with E-state index in [4.69, 9.17) is 4.74 Å². The van der Waals surface area contributed by atoms with Gasteiger partial charge < -0.3 is 9.64 Å². The van der Waals surface area contributed by atoms with Gasteiger partial charge in [-0.2, -0.15) is 0 Å². The summed E-state index contributed by atoms with van der Waals surface area (Å²) in [5.41, 5.74) is 2.38. The van der Waals surface area contributed by atoms with Crippen LogP contribution in [0.15, 0.2) is 42.0 Å². The Morgan fingerprint density at radius 1 is 1.32 bits per heavy atom. The van der Waals surface area contributed by atoms with Crippen molar-refractivity contribution >= 4 is 6.09 Å². The number of rotatable bonds is 5. The third-order valence-corrected chi connectivity index (χ3v) is 3.31. The number of hydrogen-bond acceptors (Lipinski definition) is 2. The van der Waals surface area contributed by atoms with Crippen molar-refractivity contribution in [2.24, 2.45) is 0 Å². The summed E-state index contributed by atoms with van der Waals surface area (Å²) in [5, 5.41) is 0. The van der Waals surface area contributed by atoms with Crippen LogP contribution in [0.5, 0.6) is 0 Å². The zero-order valence-corrected chi connectivity index (χ0v) is 11.5. The fraction of sp³-hybridized carbons (Fsp3) is 0.438. The molecule has 1 aromatic carbocycles. The molecule has 0 spiro atoms. The van der Waals surface area contributed by atoms with Gasteiger partial charge in [-0.25, -0.2) is 4.79 Å². The van der Waals surface area contributed by atoms with Crippen molar-refractivity contribution < 1.29 is 9.53 Å². The largest absolute Gasteiger partial charge is 0.445 e. The number of carbonyl (C=O) groups excluding carboxylic acids is 1. The summed E-state index contributed by atoms with van der Waals surface area (Å²) >= 11 is 0. The van der Waals surface area contributed by atoms with Gasteiger partial charge in [0.25, 0.3) is 0 Å². The molecule has 1 aliphatic rings. The average Bonchev–Trinajstić information content (AvgIpc) is 2.92. The standard InChI is InChI=1S/C16H21NO2/c1-2-3-7-14-10-11-17(12-14)16(18)19-13-15-8-5-4-6-9-15/h4-6,8-10H,2-3,7,11-13H2,1H3. The predicted molar refractivity (Wildman–Crippen MR) is 75.8 cm³/mol. The van der Waals surface area contributed by atoms with Crippen molar-refractivity contribution in [2.75, 3.05) is 13.1 Å². The number of amides is 1. The van der Waals surface area contributed by atoms with Crippen LogP contribution in [0.1, 0.15) is 31.7 Å². The molecular formula is C16H21NO2. The van der Waals surface area contributed by atoms with Crippen LogP contribution in [0.25, 0.3) is 0 Å². The van der Waals surface area contributed by atoms with Gasteiger partial charge in [0.1, 0.15) is 6.61 Å². The molecular weight excluding hydrogens is 238 g/mol. The zero-order chi connectivity index (χ0) is 13.5. The molecule has 0 saturated carbocycles. The molecule has 1 heterocycles. The lowest BCUT2D eigenvalue weighted by Gasteiger charge is -2.16. The van der Waals surface area contributed by atoms with E-state index in [9.17, 15) is 4.79 Å². The first-order valence-corrected chi connectivity index (χ1v) is 6.93. The van der Waals surface area contributed by atoms with Crippen molar-refractivity contribution in [1.82, 2.24) is 4.90 Å². The number of hydrogen-bond donors (Lipinski definition) is 0. The summed E-state index contributed by atoms with van der Waals surface area (Å²) in [4.78, 5) is 13.7. The predicted octanol–water partition coefficient (Wildman–Crippen LogP) is 3.76. The van der Waals surface area contributed by atoms with E-state index in [1.165, 1.54) is 18.4 Å². The van der Waals surface area contributed by atoms with E-state index in [1.807, 2.05) is 30.3 Å². The molecule has 0 aliphatic carbocycles. The highest BCUT2D eigenvalue weighted by Crippen LogP contribution is 2.16. The lowest BCUT2D eigenvalue weighted by atomic mass is 10.1. The molecule has 0 fully saturated rings. The number of benzene rings is 1. The van der Waals surface area contributed by atoms with E-state index < -0.39 is 0 Å². The fourth-order valence-electron chi connectivity index (χ4n) is 2.15. The minimum absolute atomic E-state index is 0.216. The molecule has 102 valence electrons. The Bertz CT molecular complexity index is 439. The third kappa shape index (κ3) is 4.12. The molecule has 2 rings (SSSR count). The van der Waals surface area contributed by atoms with Crippen molar-refractivity contribution in [1.29, 1.82) is 0 Å². The second kappa shape index (κ2) is 6.98. The Morgan fingerprint density at radius 3 is 2.84 bits per heavy atom. The first-order chi connectivity index (χ1) is 9.29. The zero-order valence-electron chi connectivity index (χ0n) is 11.5. The van der Waals surface area contributed by atoms with E-state index >= 15 is 0 Å². The van der Waals surface area contributed by atoms with Gasteiger partial charge in [-0.05, 0) is 18.4 Å². The van der Waals surface area contributed by atoms with Crippen molar-refractivity contribution in [3.8, 4) is 0 Å². The summed E-state index contributed by atoms with van der Waals surface area (Å²) in [5.74, 6) is 0. The molecule has 0 radical (unpaired) electrons. The molecule has 1 aromatic rings. The second-order valence-electron chi connectivity index (χ2n) is 4.89. The van der Waals surface area contributed by atoms with Crippen LogP contribution in [0.2, 0.25) is 0 Å². The van der Waals surface area contributed by atoms with Crippen LogP contribution in [0.3, 0.4) is 0 Å². The van der Waals surface area contributed by atoms with Crippen molar-refractivity contribution in [2.45, 2.75) is 32.8 Å². The van der Waals surface area contributed by atoms with Crippen LogP contribution in [0.4, 0.5) is 4.79 Å². The maximum atomic E-state index is 11.9. The molecule has 1 amide bonds. The van der Waals surface area contributed by atoms with Gasteiger partial charge in [-0.3, -0.25) is 0 Å². The summed E-state index contributed by atoms with van der Waals surface area (Å²) in [6.07, 6.45) is 5.42. The molecule has 0 atom stereocenters. The summed E-state index contributed by atoms with van der Waals surface area (Å²) in [6, 6.07) is 9.77. The van der Waals surface area contributed by atoms with Gasteiger partial charge in [-0.1, -0.05) is 55.3 Å². The van der Waals surface area contributed by atoms with Crippen LogP contribution < -0.4 is 0 Å². The van der Waals surface area contributed by atoms with Crippen LogP contribution in [0, 0.1) is 0 Å². The topological polar surface area (TPSA) is 29.5 Å². The molecule has 0 aromatic heterocycles. The van der Waals surface area contributed by atoms with E-state index in [-0.39, 0.29) is 6.09 Å². The van der Waals surface area contributed by atoms with Gasteiger partial charge in [0, 0.05) is 13.1 Å². The van der Waals surface area contributed by atoms with E-state index in [2.05, 4.69) is 13.0 Å². The SMILES string of the molecule is CCCCC1=CCN(C(=O)OCc2ccccc2)C1. The minimum Gasteiger partial charge on any atom is -0.445 e. The first kappa shape index (κ1) is 13.7. The molecule has 1 aliphatic heterocycles. The highest BCUT2D eigenvalue weighted by molar-refractivity contribution is 5.69. The number of carbonyl (C=O) groups is 1. The Hall–Kier alpha value is -1.77. The average molecular weight is 259 g/mol. The summed E-state index contributed by atoms with van der Waals surface area (Å²) < 4.78 is 5.32. The Balaban J connectivity index is 1.73. The van der Waals surface area contributed by atoms with Gasteiger partial charge in [0.05, 0.1) is 0 Å². The van der Waals surface area contributed by atoms with Crippen LogP contribution in [-0.4, -0.2) is 24.1 Å². The second-order valence-corrected chi connectivity index (χ2v) is 4.89. The number of unbranched alkanes of at least 4 members (excludes halogenated alkanes) is 1. The highest BCUT2D eigenvalue weighted by atomic mass is 16.6. The quantitative estimate of drug-likeness (QED) is 0.754. The van der Waals surface area contributed by atoms with Crippen molar-refractivity contribution in [3.05, 3.63) is 47.5 Å². The van der Waals surface area contributed by atoms with Gasteiger partial charge in [0.2, 0.25) is 0 Å². The molecule has 0 unspecified atom stereocenters. The van der Waals surface area contributed by atoms with Crippen molar-refractivity contribution in [3.63, 3.8) is 0 Å². The smallest absolute Gasteiger partial charge is 0.410 e. The first-order valence-electron chi connectivity index (χ1n) is 6.93. The summed E-state index contributed by atoms with van der Waals surface area (Å²) in [7, 11) is 0. The Labute approximate surface area is 114 Å². The maximum absolute atomic E-state index is 11.9. The van der Waals surface area contributed by atoms with E-state index in [0.717, 1.165) is 18.5 Å². The van der Waals surface area contributed by atoms with Gasteiger partial charge in [-0.15, -0.1) is 0 Å². The number of ether oxygens (including phenoxy) is 1. The lowest BCUT2D eigenvalue weighted by molar-refractivity contribution is 0.105. The highest BCUT2D eigenvalue weighted by Gasteiger charge is 2.20. The Kier molecular flexibility index (Phi) is 5.01. The number of nitrogens with zero attached hydrogens (tertiary/aromatic N) is 1. The Morgan fingerprint density at radius 2 is 2.11 bits per heavy atom. The molecule has 0 saturated heterocycles. The van der Waals surface area contributed by atoms with Gasteiger partial charge >= 0.3 is 6.09 Å². The van der Waals surface area contributed by atoms with E-state index in [1.54, 1.807) is 4.90 Å². The monoisotopic (exact) mass is 259 g/mol. The van der Waals surface area contributed by atoms with Crippen LogP contribution >= 0.6 is 0 Å². The molecule has 0 N–H and O–H groups in total. The normalized spacial score (nSPS) is 14.4. The molecule has 3 nitrogen and oxygen atoms in total. The summed E-state index contributed by atoms with van der Waals surface area (Å²) in [6.45, 7) is 3.95. The minimum atomic E-state index is -0.216.